The molecule has 1 unspecified atom stereocenters. The SMILES string of the molecule is CCN1CCN(c2c(Cl)cccc2NC(=O)C(C)Oc2ccc(Cl)cc2Cl)CC1. The Morgan fingerprint density at radius 3 is 2.48 bits per heavy atom. The van der Waals surface area contributed by atoms with Gasteiger partial charge in [-0.2, -0.15) is 0 Å². The first-order valence-corrected chi connectivity index (χ1v) is 10.7. The third kappa shape index (κ3) is 5.48. The van der Waals surface area contributed by atoms with E-state index >= 15 is 0 Å². The molecular formula is C21H24Cl3N3O2. The van der Waals surface area contributed by atoms with Crippen molar-refractivity contribution in [3.63, 3.8) is 0 Å². The van der Waals surface area contributed by atoms with Gasteiger partial charge in [-0.15, -0.1) is 0 Å². The summed E-state index contributed by atoms with van der Waals surface area (Å²) >= 11 is 18.5. The number of hydrogen-bond acceptors (Lipinski definition) is 4. The number of likely N-dealkylation sites (N-methyl/N-ethyl adjacent to an activating group) is 1. The highest BCUT2D eigenvalue weighted by molar-refractivity contribution is 6.35. The number of rotatable bonds is 6. The standard InChI is InChI=1S/C21H24Cl3N3O2/c1-3-26-9-11-27(12-10-26)20-16(23)5-4-6-18(20)25-21(28)14(2)29-19-8-7-15(22)13-17(19)24/h4-8,13-14H,3,9-12H2,1-2H3,(H,25,28). The molecule has 8 heteroatoms. The van der Waals surface area contributed by atoms with Gasteiger partial charge in [-0.3, -0.25) is 4.79 Å². The van der Waals surface area contributed by atoms with Crippen molar-refractivity contribution in [1.82, 2.24) is 4.90 Å². The molecule has 1 atom stereocenters. The molecule has 0 aliphatic carbocycles. The zero-order chi connectivity index (χ0) is 21.0. The number of piperazine rings is 1. The second kappa shape index (κ2) is 9.90. The zero-order valence-corrected chi connectivity index (χ0v) is 18.7. The molecule has 0 bridgehead atoms. The van der Waals surface area contributed by atoms with Gasteiger partial charge in [0.1, 0.15) is 5.75 Å². The average Bonchev–Trinajstić information content (AvgIpc) is 2.70. The fraction of sp³-hybridized carbons (Fsp3) is 0.381. The molecule has 2 aromatic rings. The summed E-state index contributed by atoms with van der Waals surface area (Å²) < 4.78 is 5.72. The van der Waals surface area contributed by atoms with Crippen LogP contribution in [0.4, 0.5) is 11.4 Å². The van der Waals surface area contributed by atoms with Gasteiger partial charge in [0.05, 0.1) is 21.4 Å². The number of benzene rings is 2. The second-order valence-corrected chi connectivity index (χ2v) is 8.13. The predicted octanol–water partition coefficient (Wildman–Crippen LogP) is 5.19. The van der Waals surface area contributed by atoms with Gasteiger partial charge in [-0.05, 0) is 43.8 Å². The number of nitrogens with zero attached hydrogens (tertiary/aromatic N) is 2. The van der Waals surface area contributed by atoms with Gasteiger partial charge >= 0.3 is 0 Å². The van der Waals surface area contributed by atoms with E-state index in [2.05, 4.69) is 22.0 Å². The number of carbonyl (C=O) groups is 1. The van der Waals surface area contributed by atoms with Crippen LogP contribution < -0.4 is 15.0 Å². The first-order chi connectivity index (χ1) is 13.9. The van der Waals surface area contributed by atoms with Crippen LogP contribution in [0, 0.1) is 0 Å². The number of carbonyl (C=O) groups excluding carboxylic acids is 1. The molecule has 1 fully saturated rings. The Balaban J connectivity index is 1.72. The second-order valence-electron chi connectivity index (χ2n) is 6.88. The molecule has 5 nitrogen and oxygen atoms in total. The van der Waals surface area contributed by atoms with Gasteiger partial charge < -0.3 is 19.9 Å². The largest absolute Gasteiger partial charge is 0.479 e. The Bertz CT molecular complexity index is 870. The van der Waals surface area contributed by atoms with E-state index in [4.69, 9.17) is 39.5 Å². The quantitative estimate of drug-likeness (QED) is 0.649. The van der Waals surface area contributed by atoms with Crippen LogP contribution in [0.2, 0.25) is 15.1 Å². The van der Waals surface area contributed by atoms with E-state index in [-0.39, 0.29) is 5.91 Å². The van der Waals surface area contributed by atoms with Gasteiger partial charge in [0.25, 0.3) is 5.91 Å². The lowest BCUT2D eigenvalue weighted by atomic mass is 10.2. The van der Waals surface area contributed by atoms with Crippen molar-refractivity contribution in [2.24, 2.45) is 0 Å². The number of halogens is 3. The maximum Gasteiger partial charge on any atom is 0.265 e. The third-order valence-corrected chi connectivity index (χ3v) is 5.78. The Kier molecular flexibility index (Phi) is 7.52. The first kappa shape index (κ1) is 22.0. The Morgan fingerprint density at radius 1 is 1.10 bits per heavy atom. The van der Waals surface area contributed by atoms with Crippen molar-refractivity contribution in [3.8, 4) is 5.75 Å². The minimum absolute atomic E-state index is 0.285. The summed E-state index contributed by atoms with van der Waals surface area (Å²) in [6, 6.07) is 10.4. The Morgan fingerprint density at radius 2 is 1.83 bits per heavy atom. The molecule has 0 aromatic heterocycles. The van der Waals surface area contributed by atoms with Crippen LogP contribution in [0.25, 0.3) is 0 Å². The molecule has 3 rings (SSSR count). The summed E-state index contributed by atoms with van der Waals surface area (Å²) in [6.45, 7) is 8.49. The number of nitrogens with one attached hydrogen (secondary N) is 1. The molecule has 1 amide bonds. The van der Waals surface area contributed by atoms with Gasteiger partial charge in [-0.1, -0.05) is 47.8 Å². The molecule has 1 saturated heterocycles. The van der Waals surface area contributed by atoms with Gasteiger partial charge in [0.15, 0.2) is 6.10 Å². The molecular weight excluding hydrogens is 433 g/mol. The van der Waals surface area contributed by atoms with E-state index in [0.717, 1.165) is 38.4 Å². The summed E-state index contributed by atoms with van der Waals surface area (Å²) in [5.41, 5.74) is 1.51. The van der Waals surface area contributed by atoms with E-state index in [9.17, 15) is 4.79 Å². The lowest BCUT2D eigenvalue weighted by Gasteiger charge is -2.36. The molecule has 2 aromatic carbocycles. The van der Waals surface area contributed by atoms with E-state index in [0.29, 0.717) is 26.5 Å². The summed E-state index contributed by atoms with van der Waals surface area (Å²) in [5, 5.41) is 4.43. The van der Waals surface area contributed by atoms with Gasteiger partial charge in [0, 0.05) is 31.2 Å². The van der Waals surface area contributed by atoms with E-state index in [1.807, 2.05) is 18.2 Å². The van der Waals surface area contributed by atoms with Crippen molar-refractivity contribution in [2.45, 2.75) is 20.0 Å². The lowest BCUT2D eigenvalue weighted by molar-refractivity contribution is -0.122. The normalized spacial score (nSPS) is 15.8. The molecule has 0 radical (unpaired) electrons. The van der Waals surface area contributed by atoms with Crippen molar-refractivity contribution in [1.29, 1.82) is 0 Å². The fourth-order valence-electron chi connectivity index (χ4n) is 3.27. The molecule has 1 N–H and O–H groups in total. The number of anilines is 2. The van der Waals surface area contributed by atoms with Crippen molar-refractivity contribution >= 4 is 52.1 Å². The monoisotopic (exact) mass is 455 g/mol. The fourth-order valence-corrected chi connectivity index (χ4v) is 4.02. The van der Waals surface area contributed by atoms with Crippen molar-refractivity contribution in [3.05, 3.63) is 51.5 Å². The molecule has 0 saturated carbocycles. The summed E-state index contributed by atoms with van der Waals surface area (Å²) in [5.74, 6) is 0.118. The highest BCUT2D eigenvalue weighted by atomic mass is 35.5. The number of para-hydroxylation sites is 1. The van der Waals surface area contributed by atoms with Crippen LogP contribution in [-0.2, 0) is 4.79 Å². The summed E-state index contributed by atoms with van der Waals surface area (Å²) in [7, 11) is 0. The summed E-state index contributed by atoms with van der Waals surface area (Å²) in [4.78, 5) is 17.4. The van der Waals surface area contributed by atoms with Crippen LogP contribution in [0.3, 0.4) is 0 Å². The predicted molar refractivity (Wildman–Crippen MR) is 121 cm³/mol. The first-order valence-electron chi connectivity index (χ1n) is 9.57. The number of amides is 1. The van der Waals surface area contributed by atoms with Crippen LogP contribution in [0.1, 0.15) is 13.8 Å². The van der Waals surface area contributed by atoms with Gasteiger partial charge in [-0.25, -0.2) is 0 Å². The molecule has 1 heterocycles. The minimum Gasteiger partial charge on any atom is -0.479 e. The molecule has 156 valence electrons. The zero-order valence-electron chi connectivity index (χ0n) is 16.4. The number of ether oxygens (including phenoxy) is 1. The van der Waals surface area contributed by atoms with Crippen molar-refractivity contribution in [2.75, 3.05) is 42.9 Å². The third-order valence-electron chi connectivity index (χ3n) is 4.95. The summed E-state index contributed by atoms with van der Waals surface area (Å²) in [6.07, 6.45) is -0.752. The maximum atomic E-state index is 12.8. The topological polar surface area (TPSA) is 44.8 Å². The molecule has 0 spiro atoms. The number of hydrogen-bond donors (Lipinski definition) is 1. The Hall–Kier alpha value is -1.66. The molecule has 1 aliphatic rings. The maximum absolute atomic E-state index is 12.8. The van der Waals surface area contributed by atoms with Crippen LogP contribution >= 0.6 is 34.8 Å². The highest BCUT2D eigenvalue weighted by Gasteiger charge is 2.23. The van der Waals surface area contributed by atoms with Crippen LogP contribution in [0.5, 0.6) is 5.75 Å². The molecule has 29 heavy (non-hydrogen) atoms. The van der Waals surface area contributed by atoms with Crippen molar-refractivity contribution < 1.29 is 9.53 Å². The van der Waals surface area contributed by atoms with E-state index in [1.54, 1.807) is 25.1 Å². The minimum atomic E-state index is -0.752. The van der Waals surface area contributed by atoms with Crippen LogP contribution in [-0.4, -0.2) is 49.6 Å². The van der Waals surface area contributed by atoms with Crippen LogP contribution in [0.15, 0.2) is 36.4 Å². The van der Waals surface area contributed by atoms with E-state index in [1.165, 1.54) is 0 Å². The van der Waals surface area contributed by atoms with E-state index < -0.39 is 6.10 Å². The highest BCUT2D eigenvalue weighted by Crippen LogP contribution is 2.35. The Labute approximate surface area is 186 Å². The van der Waals surface area contributed by atoms with Gasteiger partial charge in [0.2, 0.25) is 0 Å². The average molecular weight is 457 g/mol. The molecule has 1 aliphatic heterocycles. The lowest BCUT2D eigenvalue weighted by Crippen LogP contribution is -2.46. The smallest absolute Gasteiger partial charge is 0.265 e.